The monoisotopic (exact) mass is 802 g/mol. The third-order valence-electron chi connectivity index (χ3n) is 12.7. The first-order valence-electron chi connectivity index (χ1n) is 21.0. The van der Waals surface area contributed by atoms with Gasteiger partial charge in [0.05, 0.1) is 11.4 Å². The van der Waals surface area contributed by atoms with Crippen LogP contribution in [0.3, 0.4) is 0 Å². The highest BCUT2D eigenvalue weighted by atomic mass is 31.2. The van der Waals surface area contributed by atoms with Crippen LogP contribution in [0.4, 0.5) is 28.4 Å². The number of para-hydroxylation sites is 1. The zero-order valence-electron chi connectivity index (χ0n) is 34.1. The van der Waals surface area contributed by atoms with Crippen LogP contribution in [0, 0.1) is 0 Å². The molecular weight excluding hydrogens is 760 g/mol. The van der Waals surface area contributed by atoms with Gasteiger partial charge in [0.2, 0.25) is 7.29 Å². The molecule has 0 spiro atoms. The van der Waals surface area contributed by atoms with E-state index in [0.717, 1.165) is 61.3 Å². The van der Waals surface area contributed by atoms with Crippen molar-refractivity contribution in [3.05, 3.63) is 236 Å². The predicted octanol–water partition coefficient (Wildman–Crippen LogP) is 14.8. The Morgan fingerprint density at radius 2 is 0.967 bits per heavy atom. The van der Waals surface area contributed by atoms with Gasteiger partial charge in [-0.25, -0.2) is 0 Å². The van der Waals surface area contributed by atoms with Gasteiger partial charge in [0.15, 0.2) is 0 Å². The lowest BCUT2D eigenvalue weighted by Gasteiger charge is -2.40. The first-order chi connectivity index (χ1) is 29.9. The molecule has 0 saturated heterocycles. The molecule has 0 radical (unpaired) electrons. The van der Waals surface area contributed by atoms with E-state index in [1.807, 2.05) is 60.7 Å². The number of rotatable bonds is 7. The van der Waals surface area contributed by atoms with Crippen molar-refractivity contribution in [2.45, 2.75) is 19.3 Å². The van der Waals surface area contributed by atoms with Gasteiger partial charge in [-0.05, 0) is 117 Å². The van der Waals surface area contributed by atoms with Crippen molar-refractivity contribution in [2.24, 2.45) is 0 Å². The van der Waals surface area contributed by atoms with Crippen molar-refractivity contribution in [2.75, 3.05) is 9.57 Å². The molecule has 11 rings (SSSR count). The average Bonchev–Trinajstić information content (AvgIpc) is 3.56. The molecule has 0 aromatic heterocycles. The Labute approximate surface area is 358 Å². The summed E-state index contributed by atoms with van der Waals surface area (Å²) >= 11 is 0. The van der Waals surface area contributed by atoms with E-state index in [1.165, 1.54) is 33.4 Å². The van der Waals surface area contributed by atoms with Crippen LogP contribution in [0.1, 0.15) is 25.0 Å². The predicted molar refractivity (Wildman–Crippen MR) is 257 cm³/mol. The van der Waals surface area contributed by atoms with Crippen molar-refractivity contribution in [1.82, 2.24) is 0 Å². The Morgan fingerprint density at radius 3 is 1.66 bits per heavy atom. The number of hydrogen-bond acceptors (Lipinski definition) is 2. The fraction of sp³-hybridized carbons (Fsp3) is 0.0526. The molecule has 1 heterocycles. The Balaban J connectivity index is 1.04. The quantitative estimate of drug-likeness (QED) is 0.150. The molecule has 1 atom stereocenters. The summed E-state index contributed by atoms with van der Waals surface area (Å²) in [4.78, 5) is 2.41. The van der Waals surface area contributed by atoms with E-state index < -0.39 is 7.29 Å². The number of anilines is 5. The maximum Gasteiger partial charge on any atom is 0.234 e. The summed E-state index contributed by atoms with van der Waals surface area (Å²) in [6.45, 7) is 4.68. The molecule has 9 aromatic rings. The van der Waals surface area contributed by atoms with Gasteiger partial charge in [-0.15, -0.1) is 0 Å². The van der Waals surface area contributed by atoms with E-state index in [1.54, 1.807) is 0 Å². The molecular formula is C57H43N2OP. The lowest BCUT2D eigenvalue weighted by Crippen LogP contribution is -2.33. The van der Waals surface area contributed by atoms with Gasteiger partial charge in [0, 0.05) is 44.2 Å². The van der Waals surface area contributed by atoms with Crippen LogP contribution >= 0.6 is 7.29 Å². The smallest absolute Gasteiger partial charge is 0.234 e. The molecule has 0 N–H and O–H groups in total. The average molecular weight is 803 g/mol. The van der Waals surface area contributed by atoms with Crippen LogP contribution < -0.4 is 20.2 Å². The molecule has 292 valence electrons. The van der Waals surface area contributed by atoms with Crippen LogP contribution in [-0.4, -0.2) is 0 Å². The minimum Gasteiger partial charge on any atom is -0.310 e. The second-order valence-corrected chi connectivity index (χ2v) is 19.0. The maximum absolute atomic E-state index is 15.8. The van der Waals surface area contributed by atoms with Gasteiger partial charge in [0.25, 0.3) is 0 Å². The molecule has 4 heteroatoms. The van der Waals surface area contributed by atoms with E-state index in [-0.39, 0.29) is 5.41 Å². The van der Waals surface area contributed by atoms with Gasteiger partial charge in [-0.2, -0.15) is 0 Å². The second-order valence-electron chi connectivity index (χ2n) is 16.5. The van der Waals surface area contributed by atoms with Gasteiger partial charge < -0.3 is 4.90 Å². The fourth-order valence-corrected chi connectivity index (χ4v) is 12.7. The number of benzene rings is 9. The Kier molecular flexibility index (Phi) is 8.77. The maximum atomic E-state index is 15.8. The molecule has 2 aliphatic rings. The van der Waals surface area contributed by atoms with Crippen molar-refractivity contribution in [3.8, 4) is 44.5 Å². The highest BCUT2D eigenvalue weighted by Crippen LogP contribution is 2.61. The Morgan fingerprint density at radius 1 is 0.443 bits per heavy atom. The van der Waals surface area contributed by atoms with E-state index in [2.05, 4.69) is 187 Å². The van der Waals surface area contributed by atoms with Gasteiger partial charge in [-0.3, -0.25) is 9.24 Å². The van der Waals surface area contributed by atoms with Crippen molar-refractivity contribution < 1.29 is 4.57 Å². The summed E-state index contributed by atoms with van der Waals surface area (Å²) in [5, 5.41) is 1.66. The van der Waals surface area contributed by atoms with E-state index in [0.29, 0.717) is 0 Å². The van der Waals surface area contributed by atoms with Crippen LogP contribution in [0.5, 0.6) is 0 Å². The molecule has 0 bridgehead atoms. The highest BCUT2D eigenvalue weighted by Gasteiger charge is 2.43. The topological polar surface area (TPSA) is 23.6 Å². The standard InChI is InChI=1S/C57H43N2OP/c1-57(2)51-25-14-12-24-49(51)56-52(57)26-16-27-54(56)58(44-34-29-41(30-35-44)40-17-6-3-7-18-40)45-36-31-42(32-37-45)43-33-38-53-50(39-43)48-23-13-15-28-55(48)61(60,47-21-10-5-11-22-47)59(53)46-19-8-4-9-20-46/h3-39H,1-2H3. The number of hydrogen-bond donors (Lipinski definition) is 0. The molecule has 0 saturated carbocycles. The summed E-state index contributed by atoms with van der Waals surface area (Å²) in [6.07, 6.45) is 0. The molecule has 3 nitrogen and oxygen atoms in total. The minimum atomic E-state index is -3.31. The highest BCUT2D eigenvalue weighted by molar-refractivity contribution is 7.80. The van der Waals surface area contributed by atoms with Crippen LogP contribution in [0.25, 0.3) is 44.5 Å². The van der Waals surface area contributed by atoms with Crippen LogP contribution in [0.2, 0.25) is 0 Å². The lowest BCUT2D eigenvalue weighted by molar-refractivity contribution is 0.587. The zero-order chi connectivity index (χ0) is 41.1. The van der Waals surface area contributed by atoms with Crippen molar-refractivity contribution >= 4 is 46.3 Å². The Hall–Kier alpha value is -7.19. The van der Waals surface area contributed by atoms with Crippen molar-refractivity contribution in [3.63, 3.8) is 0 Å². The summed E-state index contributed by atoms with van der Waals surface area (Å²) in [7, 11) is -3.31. The first kappa shape index (κ1) is 36.9. The SMILES string of the molecule is CC1(C)c2ccccc2-c2c(N(c3ccc(-c4ccccc4)cc3)c3ccc(-c4ccc5c(c4)-c4ccccc4P(=O)(c4ccccc4)N5c4ccccc4)cc3)cccc21. The molecule has 1 aliphatic heterocycles. The largest absolute Gasteiger partial charge is 0.310 e. The summed E-state index contributed by atoms with van der Waals surface area (Å²) in [5.74, 6) is 0. The number of nitrogens with zero attached hydrogens (tertiary/aromatic N) is 2. The molecule has 61 heavy (non-hydrogen) atoms. The van der Waals surface area contributed by atoms with Crippen LogP contribution in [0.15, 0.2) is 224 Å². The van der Waals surface area contributed by atoms with E-state index in [4.69, 9.17) is 0 Å². The van der Waals surface area contributed by atoms with Gasteiger partial charge in [-0.1, -0.05) is 166 Å². The zero-order valence-corrected chi connectivity index (χ0v) is 35.0. The molecule has 0 amide bonds. The normalized spacial score (nSPS) is 15.6. The van der Waals surface area contributed by atoms with E-state index >= 15 is 4.57 Å². The van der Waals surface area contributed by atoms with Gasteiger partial charge >= 0.3 is 0 Å². The summed E-state index contributed by atoms with van der Waals surface area (Å²) < 4.78 is 17.9. The molecule has 9 aromatic carbocycles. The summed E-state index contributed by atoms with van der Waals surface area (Å²) in [6, 6.07) is 79.1. The molecule has 1 unspecified atom stereocenters. The first-order valence-corrected chi connectivity index (χ1v) is 22.6. The molecule has 0 fully saturated rings. The third-order valence-corrected chi connectivity index (χ3v) is 15.7. The summed E-state index contributed by atoms with van der Waals surface area (Å²) in [5.41, 5.74) is 17.0. The van der Waals surface area contributed by atoms with Gasteiger partial charge in [0.1, 0.15) is 0 Å². The fourth-order valence-electron chi connectivity index (χ4n) is 9.68. The Bertz CT molecular complexity index is 3120. The number of fused-ring (bicyclic) bond motifs is 6. The van der Waals surface area contributed by atoms with E-state index in [9.17, 15) is 0 Å². The van der Waals surface area contributed by atoms with Crippen LogP contribution in [-0.2, 0) is 9.98 Å². The lowest BCUT2D eigenvalue weighted by atomic mass is 9.82. The third kappa shape index (κ3) is 5.92. The second kappa shape index (κ2) is 14.5. The van der Waals surface area contributed by atoms with Crippen molar-refractivity contribution in [1.29, 1.82) is 0 Å². The molecule has 1 aliphatic carbocycles. The minimum absolute atomic E-state index is 0.120.